The number of carbonyl (C=O) groups excluding carboxylic acids is 1. The lowest BCUT2D eigenvalue weighted by atomic mass is 10.0. The second-order valence-corrected chi connectivity index (χ2v) is 11.6. The van der Waals surface area contributed by atoms with Crippen LogP contribution in [0.5, 0.6) is 0 Å². The molecule has 2 aromatic rings. The van der Waals surface area contributed by atoms with Crippen molar-refractivity contribution in [1.29, 1.82) is 0 Å². The molecule has 0 saturated heterocycles. The molecule has 1 unspecified atom stereocenters. The largest absolute Gasteiger partial charge is 0.453 e. The van der Waals surface area contributed by atoms with Crippen molar-refractivity contribution in [3.8, 4) is 11.5 Å². The van der Waals surface area contributed by atoms with E-state index in [1.807, 2.05) is 66.7 Å². The summed E-state index contributed by atoms with van der Waals surface area (Å²) in [7, 11) is -1.52. The van der Waals surface area contributed by atoms with E-state index in [0.29, 0.717) is 0 Å². The lowest BCUT2D eigenvalue weighted by Gasteiger charge is -2.15. The quantitative estimate of drug-likeness (QED) is 0.428. The number of esters is 1. The predicted octanol–water partition coefficient (Wildman–Crippen LogP) is 5.26. The van der Waals surface area contributed by atoms with Gasteiger partial charge in [0.2, 0.25) is 0 Å². The third-order valence-electron chi connectivity index (χ3n) is 3.40. The zero-order valence-corrected chi connectivity index (χ0v) is 16.2. The first-order valence-electron chi connectivity index (χ1n) is 8.38. The van der Waals surface area contributed by atoms with E-state index >= 15 is 0 Å². The van der Waals surface area contributed by atoms with Crippen molar-refractivity contribution in [3.63, 3.8) is 0 Å². The molecule has 0 bridgehead atoms. The van der Waals surface area contributed by atoms with Crippen LogP contribution in [0.2, 0.25) is 19.6 Å². The van der Waals surface area contributed by atoms with Crippen LogP contribution in [-0.2, 0) is 9.53 Å². The second-order valence-electron chi connectivity index (χ2n) is 6.89. The molecule has 2 rings (SSSR count). The number of hydrogen-bond donors (Lipinski definition) is 0. The second kappa shape index (κ2) is 8.50. The van der Waals surface area contributed by atoms with Crippen molar-refractivity contribution in [3.05, 3.63) is 77.9 Å². The van der Waals surface area contributed by atoms with Crippen LogP contribution in [0.25, 0.3) is 5.57 Å². The van der Waals surface area contributed by atoms with Gasteiger partial charge in [0.1, 0.15) is 14.2 Å². The topological polar surface area (TPSA) is 26.3 Å². The highest BCUT2D eigenvalue weighted by Gasteiger charge is 2.14. The molecule has 3 heteroatoms. The summed E-state index contributed by atoms with van der Waals surface area (Å²) in [5.74, 6) is 3.02. The van der Waals surface area contributed by atoms with Gasteiger partial charge in [-0.15, -0.1) is 5.54 Å². The molecular weight excluding hydrogens is 324 g/mol. The third-order valence-corrected chi connectivity index (χ3v) is 4.27. The van der Waals surface area contributed by atoms with Gasteiger partial charge in [-0.2, -0.15) is 0 Å². The van der Waals surface area contributed by atoms with Crippen molar-refractivity contribution < 1.29 is 9.53 Å². The molecular formula is C22H24O2Si. The Morgan fingerprint density at radius 3 is 2.08 bits per heavy atom. The number of rotatable bonds is 4. The molecule has 0 spiro atoms. The van der Waals surface area contributed by atoms with Crippen LogP contribution in [-0.4, -0.2) is 14.0 Å². The molecule has 0 saturated carbocycles. The van der Waals surface area contributed by atoms with Gasteiger partial charge in [0.15, 0.2) is 0 Å². The first kappa shape index (κ1) is 18.8. The maximum Gasteiger partial charge on any atom is 0.303 e. The minimum atomic E-state index is -1.52. The third kappa shape index (κ3) is 6.44. The molecule has 1 atom stereocenters. The van der Waals surface area contributed by atoms with Crippen LogP contribution in [0.15, 0.2) is 66.7 Å². The van der Waals surface area contributed by atoms with Crippen LogP contribution in [0.1, 0.15) is 24.2 Å². The summed E-state index contributed by atoms with van der Waals surface area (Å²) in [6.07, 6.45) is 1.49. The Balaban J connectivity index is 2.51. The summed E-state index contributed by atoms with van der Waals surface area (Å²) in [6, 6.07) is 19.8. The van der Waals surface area contributed by atoms with E-state index < -0.39 is 14.2 Å². The number of allylic oxidation sites excluding steroid dienone is 1. The Morgan fingerprint density at radius 1 is 1.00 bits per heavy atom. The van der Waals surface area contributed by atoms with Crippen molar-refractivity contribution in [2.24, 2.45) is 0 Å². The maximum atomic E-state index is 11.6. The van der Waals surface area contributed by atoms with Crippen LogP contribution in [0, 0.1) is 11.5 Å². The molecule has 2 nitrogen and oxygen atoms in total. The molecule has 2 aromatic carbocycles. The molecule has 128 valence electrons. The van der Waals surface area contributed by atoms with E-state index in [1.54, 1.807) is 0 Å². The van der Waals surface area contributed by atoms with E-state index in [0.717, 1.165) is 16.7 Å². The van der Waals surface area contributed by atoms with E-state index in [1.165, 1.54) is 6.92 Å². The van der Waals surface area contributed by atoms with Crippen molar-refractivity contribution in [2.75, 3.05) is 0 Å². The Labute approximate surface area is 151 Å². The van der Waals surface area contributed by atoms with Crippen LogP contribution >= 0.6 is 0 Å². The SMILES string of the molecule is CC(=O)OC(/C=C(\C#C[Si](C)(C)C)c1ccccc1)c1ccccc1. The van der Waals surface area contributed by atoms with Crippen molar-refractivity contribution in [1.82, 2.24) is 0 Å². The van der Waals surface area contributed by atoms with Gasteiger partial charge in [0, 0.05) is 12.5 Å². The lowest BCUT2D eigenvalue weighted by Crippen LogP contribution is -2.16. The monoisotopic (exact) mass is 348 g/mol. The summed E-state index contributed by atoms with van der Waals surface area (Å²) in [5, 5.41) is 0. The summed E-state index contributed by atoms with van der Waals surface area (Å²) < 4.78 is 5.55. The van der Waals surface area contributed by atoms with Crippen LogP contribution < -0.4 is 0 Å². The Bertz CT molecular complexity index is 791. The van der Waals surface area contributed by atoms with Crippen molar-refractivity contribution in [2.45, 2.75) is 32.7 Å². The molecule has 25 heavy (non-hydrogen) atoms. The van der Waals surface area contributed by atoms with E-state index in [4.69, 9.17) is 4.74 Å². The number of carbonyl (C=O) groups is 1. The molecule has 0 aliphatic rings. The van der Waals surface area contributed by atoms with Crippen LogP contribution in [0.3, 0.4) is 0 Å². The van der Waals surface area contributed by atoms with Gasteiger partial charge in [0.25, 0.3) is 0 Å². The van der Waals surface area contributed by atoms with Gasteiger partial charge >= 0.3 is 5.97 Å². The summed E-state index contributed by atoms with van der Waals surface area (Å²) in [6.45, 7) is 8.07. The molecule has 0 aliphatic heterocycles. The highest BCUT2D eigenvalue weighted by atomic mass is 28.3. The van der Waals surface area contributed by atoms with E-state index in [9.17, 15) is 4.79 Å². The smallest absolute Gasteiger partial charge is 0.303 e. The standard InChI is InChI=1S/C22H24O2Si/c1-18(23)24-22(20-13-9-6-10-14-20)17-21(15-16-25(2,3)4)19-11-7-5-8-12-19/h5-14,17,22H,1-4H3/b21-17+. The minimum absolute atomic E-state index is 0.310. The van der Waals surface area contributed by atoms with Crippen molar-refractivity contribution >= 4 is 19.6 Å². The number of ether oxygens (including phenoxy) is 1. The zero-order chi connectivity index (χ0) is 18.3. The summed E-state index contributed by atoms with van der Waals surface area (Å²) in [4.78, 5) is 11.6. The maximum absolute atomic E-state index is 11.6. The Morgan fingerprint density at radius 2 is 1.56 bits per heavy atom. The van der Waals surface area contributed by atoms with Gasteiger partial charge < -0.3 is 4.74 Å². The minimum Gasteiger partial charge on any atom is -0.453 e. The summed E-state index contributed by atoms with van der Waals surface area (Å²) >= 11 is 0. The van der Waals surface area contributed by atoms with Gasteiger partial charge in [-0.05, 0) is 17.2 Å². The molecule has 0 heterocycles. The highest BCUT2D eigenvalue weighted by Crippen LogP contribution is 2.24. The number of hydrogen-bond acceptors (Lipinski definition) is 2. The fourth-order valence-corrected chi connectivity index (χ4v) is 2.76. The van der Waals surface area contributed by atoms with Gasteiger partial charge in [0.05, 0.1) is 0 Å². The first-order chi connectivity index (χ1) is 11.8. The first-order valence-corrected chi connectivity index (χ1v) is 11.9. The van der Waals surface area contributed by atoms with Gasteiger partial charge in [-0.3, -0.25) is 4.79 Å². The average molecular weight is 349 g/mol. The summed E-state index contributed by atoms with van der Waals surface area (Å²) in [5.41, 5.74) is 6.26. The highest BCUT2D eigenvalue weighted by molar-refractivity contribution is 6.84. The molecule has 0 fully saturated rings. The van der Waals surface area contributed by atoms with Gasteiger partial charge in [-0.25, -0.2) is 0 Å². The molecule has 0 amide bonds. The number of benzene rings is 2. The molecule has 0 aromatic heterocycles. The molecule has 0 radical (unpaired) electrons. The molecule has 0 aliphatic carbocycles. The fraction of sp³-hybridized carbons (Fsp3) is 0.227. The fourth-order valence-electron chi connectivity index (χ4n) is 2.25. The van der Waals surface area contributed by atoms with E-state index in [2.05, 4.69) is 31.1 Å². The van der Waals surface area contributed by atoms with Gasteiger partial charge in [-0.1, -0.05) is 86.2 Å². The average Bonchev–Trinajstić information content (AvgIpc) is 2.58. The Hall–Kier alpha value is -2.57. The van der Waals surface area contributed by atoms with E-state index in [-0.39, 0.29) is 5.97 Å². The lowest BCUT2D eigenvalue weighted by molar-refractivity contribution is -0.144. The van der Waals surface area contributed by atoms with Crippen LogP contribution in [0.4, 0.5) is 0 Å². The normalized spacial score (nSPS) is 12.7. The Kier molecular flexibility index (Phi) is 6.38. The predicted molar refractivity (Wildman–Crippen MR) is 106 cm³/mol. The zero-order valence-electron chi connectivity index (χ0n) is 15.2. The molecule has 0 N–H and O–H groups in total.